The van der Waals surface area contributed by atoms with Crippen molar-refractivity contribution in [2.45, 2.75) is 27.2 Å². The lowest BCUT2D eigenvalue weighted by Gasteiger charge is -2.05. The van der Waals surface area contributed by atoms with E-state index in [1.165, 1.54) is 7.05 Å². The molecule has 88 valence electrons. The second-order valence-corrected chi connectivity index (χ2v) is 4.58. The van der Waals surface area contributed by atoms with Crippen LogP contribution in [0.4, 0.5) is 4.79 Å². The average molecular weight is 232 g/mol. The van der Waals surface area contributed by atoms with Crippen LogP contribution in [0.2, 0.25) is 0 Å². The predicted molar refractivity (Wildman–Crippen MR) is 65.4 cm³/mol. The Bertz CT molecular complexity index is 217. The van der Waals surface area contributed by atoms with Crippen LogP contribution in [0, 0.1) is 5.92 Å². The van der Waals surface area contributed by atoms with E-state index < -0.39 is 6.09 Å². The summed E-state index contributed by atoms with van der Waals surface area (Å²) in [6.45, 7) is 6.36. The first-order valence-electron chi connectivity index (χ1n) is 5.12. The Morgan fingerprint density at radius 1 is 1.53 bits per heavy atom. The lowest BCUT2D eigenvalue weighted by atomic mass is 10.3. The summed E-state index contributed by atoms with van der Waals surface area (Å²) in [5, 5.41) is 6.14. The topological polar surface area (TPSA) is 50.7 Å². The molecule has 0 fully saturated rings. The monoisotopic (exact) mass is 232 g/mol. The number of hydrogen-bond acceptors (Lipinski definition) is 4. The molecular weight excluding hydrogens is 212 g/mol. The number of nitrogens with zero attached hydrogens (tertiary/aromatic N) is 1. The molecule has 0 saturated carbocycles. The van der Waals surface area contributed by atoms with E-state index in [0.29, 0.717) is 5.92 Å². The van der Waals surface area contributed by atoms with Crippen LogP contribution in [0.3, 0.4) is 0 Å². The van der Waals surface area contributed by atoms with Crippen LogP contribution in [0.25, 0.3) is 0 Å². The minimum absolute atomic E-state index is 0.519. The van der Waals surface area contributed by atoms with Crippen molar-refractivity contribution in [2.24, 2.45) is 11.1 Å². The van der Waals surface area contributed by atoms with E-state index in [9.17, 15) is 4.79 Å². The maximum atomic E-state index is 10.8. The molecule has 5 heteroatoms. The molecule has 0 aromatic carbocycles. The Hall–Kier alpha value is -0.710. The molecule has 0 saturated heterocycles. The number of nitrogens with one attached hydrogen (secondary N) is 1. The molecule has 0 bridgehead atoms. The van der Waals surface area contributed by atoms with Crippen LogP contribution < -0.4 is 5.32 Å². The van der Waals surface area contributed by atoms with Crippen molar-refractivity contribution in [3.8, 4) is 0 Å². The summed E-state index contributed by atoms with van der Waals surface area (Å²) in [7, 11) is 1.51. The molecule has 0 aromatic rings. The van der Waals surface area contributed by atoms with Gasteiger partial charge >= 0.3 is 6.09 Å². The summed E-state index contributed by atoms with van der Waals surface area (Å²) in [5.41, 5.74) is 0.907. The first-order chi connectivity index (χ1) is 7.10. The minimum Gasteiger partial charge on any atom is -0.323 e. The van der Waals surface area contributed by atoms with Crippen LogP contribution in [0.5, 0.6) is 0 Å². The van der Waals surface area contributed by atoms with Crippen molar-refractivity contribution in [1.82, 2.24) is 5.32 Å². The van der Waals surface area contributed by atoms with Gasteiger partial charge in [-0.1, -0.05) is 25.9 Å². The van der Waals surface area contributed by atoms with Gasteiger partial charge in [-0.15, -0.1) is 0 Å². The summed E-state index contributed by atoms with van der Waals surface area (Å²) in [5.74, 6) is 2.60. The molecule has 0 radical (unpaired) electrons. The molecule has 0 aliphatic rings. The zero-order valence-corrected chi connectivity index (χ0v) is 10.7. The number of oxime groups is 1. The van der Waals surface area contributed by atoms with Gasteiger partial charge in [0, 0.05) is 12.8 Å². The number of hydrogen-bond donors (Lipinski definition) is 1. The number of carbonyl (C=O) groups excluding carboxylic acids is 1. The van der Waals surface area contributed by atoms with Crippen molar-refractivity contribution >= 4 is 23.6 Å². The van der Waals surface area contributed by atoms with Crippen molar-refractivity contribution < 1.29 is 9.63 Å². The molecule has 4 nitrogen and oxygen atoms in total. The summed E-state index contributed by atoms with van der Waals surface area (Å²) >= 11 is 1.81. The maximum absolute atomic E-state index is 10.8. The number of thioether (sulfide) groups is 1. The second-order valence-electron chi connectivity index (χ2n) is 3.55. The highest BCUT2D eigenvalue weighted by Crippen LogP contribution is 2.09. The summed E-state index contributed by atoms with van der Waals surface area (Å²) in [4.78, 5) is 15.4. The standard InChI is InChI=1S/C10H20N2O2S/c1-5-9(7-15-6-8(2)3)12-14-10(13)11-4/h8H,5-7H2,1-4H3,(H,11,13). The largest absolute Gasteiger partial charge is 0.433 e. The quantitative estimate of drug-likeness (QED) is 0.435. The van der Waals surface area contributed by atoms with Gasteiger partial charge in [0.2, 0.25) is 0 Å². The zero-order valence-electron chi connectivity index (χ0n) is 9.87. The fourth-order valence-corrected chi connectivity index (χ4v) is 1.84. The molecule has 15 heavy (non-hydrogen) atoms. The third-order valence-electron chi connectivity index (χ3n) is 1.59. The molecule has 1 N–H and O–H groups in total. The fraction of sp³-hybridized carbons (Fsp3) is 0.800. The van der Waals surface area contributed by atoms with Gasteiger partial charge in [-0.05, 0) is 18.1 Å². The van der Waals surface area contributed by atoms with Crippen LogP contribution >= 0.6 is 11.8 Å². The maximum Gasteiger partial charge on any atom is 0.433 e. The molecule has 0 aliphatic carbocycles. The lowest BCUT2D eigenvalue weighted by molar-refractivity contribution is 0.153. The third-order valence-corrected chi connectivity index (χ3v) is 3.03. The molecular formula is C10H20N2O2S. The van der Waals surface area contributed by atoms with E-state index >= 15 is 0 Å². The molecule has 0 heterocycles. The highest BCUT2D eigenvalue weighted by Gasteiger charge is 2.02. The van der Waals surface area contributed by atoms with Crippen LogP contribution in [0.1, 0.15) is 27.2 Å². The Morgan fingerprint density at radius 3 is 2.67 bits per heavy atom. The Morgan fingerprint density at radius 2 is 2.20 bits per heavy atom. The van der Waals surface area contributed by atoms with E-state index in [2.05, 4.69) is 29.2 Å². The summed E-state index contributed by atoms with van der Waals surface area (Å²) in [6, 6.07) is 0. The molecule has 0 rings (SSSR count). The van der Waals surface area contributed by atoms with E-state index in [4.69, 9.17) is 0 Å². The molecule has 0 atom stereocenters. The zero-order chi connectivity index (χ0) is 11.7. The van der Waals surface area contributed by atoms with E-state index in [0.717, 1.165) is 23.6 Å². The highest BCUT2D eigenvalue weighted by atomic mass is 32.2. The Balaban J connectivity index is 3.85. The molecule has 0 aliphatic heterocycles. The van der Waals surface area contributed by atoms with Crippen LogP contribution in [0.15, 0.2) is 5.16 Å². The molecule has 0 unspecified atom stereocenters. The van der Waals surface area contributed by atoms with Gasteiger partial charge in [-0.3, -0.25) is 4.84 Å². The Labute approximate surface area is 95.8 Å². The normalized spacial score (nSPS) is 11.7. The van der Waals surface area contributed by atoms with Gasteiger partial charge in [0.1, 0.15) is 0 Å². The average Bonchev–Trinajstić information content (AvgIpc) is 2.22. The van der Waals surface area contributed by atoms with Gasteiger partial charge in [-0.2, -0.15) is 11.8 Å². The van der Waals surface area contributed by atoms with Crippen molar-refractivity contribution in [2.75, 3.05) is 18.6 Å². The number of rotatable bonds is 6. The molecule has 0 spiro atoms. The third kappa shape index (κ3) is 8.30. The van der Waals surface area contributed by atoms with E-state index in [1.54, 1.807) is 0 Å². The summed E-state index contributed by atoms with van der Waals surface area (Å²) < 4.78 is 0. The van der Waals surface area contributed by atoms with Crippen LogP contribution in [-0.4, -0.2) is 30.4 Å². The van der Waals surface area contributed by atoms with Crippen molar-refractivity contribution in [3.05, 3.63) is 0 Å². The predicted octanol–water partition coefficient (Wildman–Crippen LogP) is 2.50. The molecule has 1 amide bonds. The Kier molecular flexibility index (Phi) is 8.18. The number of carbonyl (C=O) groups is 1. The van der Waals surface area contributed by atoms with Gasteiger partial charge in [0.25, 0.3) is 0 Å². The number of amides is 1. The fourth-order valence-electron chi connectivity index (χ4n) is 0.757. The van der Waals surface area contributed by atoms with Crippen LogP contribution in [-0.2, 0) is 4.84 Å². The summed E-state index contributed by atoms with van der Waals surface area (Å²) in [6.07, 6.45) is 0.289. The van der Waals surface area contributed by atoms with E-state index in [-0.39, 0.29) is 0 Å². The molecule has 0 aromatic heterocycles. The van der Waals surface area contributed by atoms with Gasteiger partial charge in [-0.25, -0.2) is 4.79 Å². The highest BCUT2D eigenvalue weighted by molar-refractivity contribution is 7.99. The first kappa shape index (κ1) is 14.3. The smallest absolute Gasteiger partial charge is 0.323 e. The van der Waals surface area contributed by atoms with E-state index in [1.807, 2.05) is 18.7 Å². The van der Waals surface area contributed by atoms with Gasteiger partial charge in [0.05, 0.1) is 5.71 Å². The van der Waals surface area contributed by atoms with Gasteiger partial charge < -0.3 is 5.32 Å². The van der Waals surface area contributed by atoms with Crippen molar-refractivity contribution in [1.29, 1.82) is 0 Å². The SMILES string of the molecule is CCC(CSCC(C)C)=NOC(=O)NC. The first-order valence-corrected chi connectivity index (χ1v) is 6.27. The second kappa shape index (κ2) is 8.59. The lowest BCUT2D eigenvalue weighted by Crippen LogP contribution is -2.18. The minimum atomic E-state index is -0.519. The van der Waals surface area contributed by atoms with Crippen molar-refractivity contribution in [3.63, 3.8) is 0 Å². The van der Waals surface area contributed by atoms with Gasteiger partial charge in [0.15, 0.2) is 0 Å².